The standard InChI is InChI=1S/C12H24N2O2/c1-5-11-7-14(6-8(2)16-11)12(15)9(3)10(4)13/h8-11H,5-7,13H2,1-4H3. The molecule has 1 fully saturated rings. The van der Waals surface area contributed by atoms with Crippen LogP contribution in [0.15, 0.2) is 0 Å². The van der Waals surface area contributed by atoms with Gasteiger partial charge in [0.15, 0.2) is 0 Å². The third-order valence-corrected chi connectivity index (χ3v) is 3.27. The topological polar surface area (TPSA) is 55.6 Å². The zero-order valence-electron chi connectivity index (χ0n) is 10.8. The molecular weight excluding hydrogens is 204 g/mol. The first-order valence-electron chi connectivity index (χ1n) is 6.15. The van der Waals surface area contributed by atoms with Crippen molar-refractivity contribution in [3.63, 3.8) is 0 Å². The van der Waals surface area contributed by atoms with E-state index in [4.69, 9.17) is 10.5 Å². The van der Waals surface area contributed by atoms with Gasteiger partial charge in [-0.2, -0.15) is 0 Å². The van der Waals surface area contributed by atoms with Crippen molar-refractivity contribution in [1.29, 1.82) is 0 Å². The normalized spacial score (nSPS) is 29.9. The van der Waals surface area contributed by atoms with Gasteiger partial charge >= 0.3 is 0 Å². The zero-order chi connectivity index (χ0) is 12.3. The van der Waals surface area contributed by atoms with E-state index < -0.39 is 0 Å². The molecule has 4 heteroatoms. The number of carbonyl (C=O) groups is 1. The van der Waals surface area contributed by atoms with Gasteiger partial charge in [0.05, 0.1) is 18.1 Å². The van der Waals surface area contributed by atoms with E-state index in [9.17, 15) is 4.79 Å². The molecule has 0 aromatic heterocycles. The summed E-state index contributed by atoms with van der Waals surface area (Å²) in [5.41, 5.74) is 5.77. The quantitative estimate of drug-likeness (QED) is 0.784. The molecule has 1 amide bonds. The Labute approximate surface area is 98.1 Å². The van der Waals surface area contributed by atoms with E-state index in [2.05, 4.69) is 6.92 Å². The van der Waals surface area contributed by atoms with Crippen LogP contribution in [0, 0.1) is 5.92 Å². The number of nitrogens with zero attached hydrogens (tertiary/aromatic N) is 1. The summed E-state index contributed by atoms with van der Waals surface area (Å²) < 4.78 is 5.73. The molecule has 1 heterocycles. The molecule has 1 rings (SSSR count). The highest BCUT2D eigenvalue weighted by molar-refractivity contribution is 5.79. The molecule has 0 aromatic carbocycles. The first-order valence-corrected chi connectivity index (χ1v) is 6.15. The van der Waals surface area contributed by atoms with Gasteiger partial charge in [-0.3, -0.25) is 4.79 Å². The second-order valence-corrected chi connectivity index (χ2v) is 4.87. The van der Waals surface area contributed by atoms with Crippen molar-refractivity contribution >= 4 is 5.91 Å². The predicted octanol–water partition coefficient (Wildman–Crippen LogP) is 0.996. The maximum atomic E-state index is 12.1. The minimum Gasteiger partial charge on any atom is -0.372 e. The summed E-state index contributed by atoms with van der Waals surface area (Å²) in [6.07, 6.45) is 1.25. The van der Waals surface area contributed by atoms with Crippen LogP contribution < -0.4 is 5.73 Å². The summed E-state index contributed by atoms with van der Waals surface area (Å²) in [7, 11) is 0. The predicted molar refractivity (Wildman–Crippen MR) is 64.0 cm³/mol. The van der Waals surface area contributed by atoms with Crippen LogP contribution in [0.5, 0.6) is 0 Å². The Bertz CT molecular complexity index is 243. The largest absolute Gasteiger partial charge is 0.372 e. The molecule has 94 valence electrons. The molecular formula is C12H24N2O2. The van der Waals surface area contributed by atoms with E-state index in [-0.39, 0.29) is 30.1 Å². The average molecular weight is 228 g/mol. The second-order valence-electron chi connectivity index (χ2n) is 4.87. The fourth-order valence-corrected chi connectivity index (χ4v) is 1.96. The fraction of sp³-hybridized carbons (Fsp3) is 0.917. The second kappa shape index (κ2) is 5.64. The molecule has 1 aliphatic rings. The van der Waals surface area contributed by atoms with E-state index >= 15 is 0 Å². The molecule has 0 bridgehead atoms. The van der Waals surface area contributed by atoms with E-state index in [1.165, 1.54) is 0 Å². The van der Waals surface area contributed by atoms with E-state index in [1.807, 2.05) is 25.7 Å². The Morgan fingerprint density at radius 3 is 2.62 bits per heavy atom. The number of rotatable bonds is 3. The van der Waals surface area contributed by atoms with Gasteiger partial charge in [0.1, 0.15) is 0 Å². The van der Waals surface area contributed by atoms with Crippen LogP contribution in [0.4, 0.5) is 0 Å². The molecule has 4 atom stereocenters. The molecule has 0 spiro atoms. The third kappa shape index (κ3) is 3.19. The number of amides is 1. The number of morpholine rings is 1. The molecule has 0 radical (unpaired) electrons. The van der Waals surface area contributed by atoms with Gasteiger partial charge < -0.3 is 15.4 Å². The molecule has 0 aliphatic carbocycles. The summed E-state index contributed by atoms with van der Waals surface area (Å²) in [5.74, 6) is 0.0476. The highest BCUT2D eigenvalue weighted by Crippen LogP contribution is 2.16. The Morgan fingerprint density at radius 2 is 2.12 bits per heavy atom. The smallest absolute Gasteiger partial charge is 0.227 e. The maximum absolute atomic E-state index is 12.1. The van der Waals surface area contributed by atoms with Crippen LogP contribution in [0.25, 0.3) is 0 Å². The van der Waals surface area contributed by atoms with Gasteiger partial charge in [-0.15, -0.1) is 0 Å². The third-order valence-electron chi connectivity index (χ3n) is 3.27. The van der Waals surface area contributed by atoms with Crippen LogP contribution >= 0.6 is 0 Å². The van der Waals surface area contributed by atoms with Crippen LogP contribution in [-0.4, -0.2) is 42.1 Å². The first kappa shape index (κ1) is 13.5. The first-order chi connectivity index (χ1) is 7.45. The monoisotopic (exact) mass is 228 g/mol. The number of nitrogens with two attached hydrogens (primary N) is 1. The SMILES string of the molecule is CCC1CN(C(=O)C(C)C(C)N)CC(C)O1. The lowest BCUT2D eigenvalue weighted by molar-refractivity contribution is -0.148. The van der Waals surface area contributed by atoms with Crippen molar-refractivity contribution in [2.45, 2.75) is 52.4 Å². The Kier molecular flexibility index (Phi) is 4.74. The highest BCUT2D eigenvalue weighted by Gasteiger charge is 2.30. The number of ether oxygens (including phenoxy) is 1. The summed E-state index contributed by atoms with van der Waals surface area (Å²) in [4.78, 5) is 14.0. The zero-order valence-corrected chi connectivity index (χ0v) is 10.8. The van der Waals surface area contributed by atoms with Crippen molar-refractivity contribution in [2.24, 2.45) is 11.7 Å². The van der Waals surface area contributed by atoms with E-state index in [0.717, 1.165) is 6.42 Å². The summed E-state index contributed by atoms with van der Waals surface area (Å²) >= 11 is 0. The van der Waals surface area contributed by atoms with Crippen LogP contribution in [0.2, 0.25) is 0 Å². The molecule has 1 aliphatic heterocycles. The van der Waals surface area contributed by atoms with Crippen LogP contribution in [0.3, 0.4) is 0 Å². The molecule has 2 N–H and O–H groups in total. The fourth-order valence-electron chi connectivity index (χ4n) is 1.96. The Balaban J connectivity index is 2.61. The van der Waals surface area contributed by atoms with E-state index in [1.54, 1.807) is 0 Å². The Hall–Kier alpha value is -0.610. The van der Waals surface area contributed by atoms with Crippen LogP contribution in [0.1, 0.15) is 34.1 Å². The van der Waals surface area contributed by atoms with Crippen molar-refractivity contribution in [3.8, 4) is 0 Å². The van der Waals surface area contributed by atoms with Gasteiger partial charge in [-0.05, 0) is 20.3 Å². The summed E-state index contributed by atoms with van der Waals surface area (Å²) in [5, 5.41) is 0. The van der Waals surface area contributed by atoms with Gasteiger partial charge in [0.2, 0.25) is 5.91 Å². The lowest BCUT2D eigenvalue weighted by Crippen LogP contribution is -2.52. The lowest BCUT2D eigenvalue weighted by Gasteiger charge is -2.38. The molecule has 0 saturated carbocycles. The summed E-state index contributed by atoms with van der Waals surface area (Å²) in [6.45, 7) is 9.26. The van der Waals surface area contributed by atoms with Gasteiger partial charge in [0, 0.05) is 19.1 Å². The van der Waals surface area contributed by atoms with Gasteiger partial charge in [0.25, 0.3) is 0 Å². The lowest BCUT2D eigenvalue weighted by atomic mass is 10.0. The minimum atomic E-state index is -0.109. The Morgan fingerprint density at radius 1 is 1.50 bits per heavy atom. The van der Waals surface area contributed by atoms with Crippen molar-refractivity contribution in [2.75, 3.05) is 13.1 Å². The van der Waals surface area contributed by atoms with Gasteiger partial charge in [-0.1, -0.05) is 13.8 Å². The number of hydrogen-bond donors (Lipinski definition) is 1. The highest BCUT2D eigenvalue weighted by atomic mass is 16.5. The van der Waals surface area contributed by atoms with Gasteiger partial charge in [-0.25, -0.2) is 0 Å². The average Bonchev–Trinajstić information content (AvgIpc) is 2.25. The molecule has 4 nitrogen and oxygen atoms in total. The van der Waals surface area contributed by atoms with Crippen molar-refractivity contribution in [3.05, 3.63) is 0 Å². The maximum Gasteiger partial charge on any atom is 0.227 e. The molecule has 16 heavy (non-hydrogen) atoms. The van der Waals surface area contributed by atoms with Crippen molar-refractivity contribution < 1.29 is 9.53 Å². The van der Waals surface area contributed by atoms with Crippen molar-refractivity contribution in [1.82, 2.24) is 4.90 Å². The molecule has 4 unspecified atom stereocenters. The number of carbonyl (C=O) groups excluding carboxylic acids is 1. The molecule has 0 aromatic rings. The van der Waals surface area contributed by atoms with Crippen LogP contribution in [-0.2, 0) is 9.53 Å². The number of hydrogen-bond acceptors (Lipinski definition) is 3. The van der Waals surface area contributed by atoms with E-state index in [0.29, 0.717) is 13.1 Å². The molecule has 1 saturated heterocycles. The summed E-state index contributed by atoms with van der Waals surface area (Å²) in [6, 6.07) is -0.0919. The minimum absolute atomic E-state index is 0.0919.